The Morgan fingerprint density at radius 1 is 1.21 bits per heavy atom. The van der Waals surface area contributed by atoms with E-state index in [4.69, 9.17) is 5.10 Å². The van der Waals surface area contributed by atoms with Gasteiger partial charge in [-0.15, -0.1) is 0 Å². The number of nitrogens with one attached hydrogen (secondary N) is 2. The van der Waals surface area contributed by atoms with E-state index in [9.17, 15) is 0 Å². The fourth-order valence-corrected chi connectivity index (χ4v) is 3.91. The molecule has 0 radical (unpaired) electrons. The highest BCUT2D eigenvalue weighted by molar-refractivity contribution is 5.86. The lowest BCUT2D eigenvalue weighted by Gasteiger charge is -2.24. The first kappa shape index (κ1) is 18.5. The van der Waals surface area contributed by atoms with Gasteiger partial charge in [-0.05, 0) is 48.6 Å². The van der Waals surface area contributed by atoms with Gasteiger partial charge >= 0.3 is 0 Å². The van der Waals surface area contributed by atoms with Crippen LogP contribution in [0.1, 0.15) is 43.1 Å². The quantitative estimate of drug-likeness (QED) is 0.538. The highest BCUT2D eigenvalue weighted by Crippen LogP contribution is 2.22. The van der Waals surface area contributed by atoms with Gasteiger partial charge in [-0.2, -0.15) is 5.10 Å². The van der Waals surface area contributed by atoms with Gasteiger partial charge < -0.3 is 10.6 Å². The van der Waals surface area contributed by atoms with Gasteiger partial charge in [-0.3, -0.25) is 9.67 Å². The van der Waals surface area contributed by atoms with Crippen molar-refractivity contribution in [1.29, 1.82) is 0 Å². The van der Waals surface area contributed by atoms with Crippen LogP contribution in [0.2, 0.25) is 0 Å². The Labute approximate surface area is 166 Å². The van der Waals surface area contributed by atoms with E-state index in [0.29, 0.717) is 12.1 Å². The van der Waals surface area contributed by atoms with Crippen LogP contribution in [0.3, 0.4) is 0 Å². The Bertz CT molecular complexity index is 980. The van der Waals surface area contributed by atoms with Crippen LogP contribution >= 0.6 is 0 Å². The number of rotatable bonds is 4. The molecule has 1 heterocycles. The molecule has 1 unspecified atom stereocenters. The molecule has 0 bridgehead atoms. The molecule has 1 aliphatic rings. The number of hydrogen-bond acceptors (Lipinski definition) is 2. The standard InChI is InChI=1S/C23H29N5/c1-16(2)28-15-19-11-12-20(13-22(19)27-28)26-23(24-3)25-14-18-9-6-8-17-7-4-5-10-21(17)18/h4-10,15-16,20H,11-14H2,1-3H3,(H2,24,25,26). The lowest BCUT2D eigenvalue weighted by atomic mass is 9.94. The number of guanidine groups is 1. The van der Waals surface area contributed by atoms with Gasteiger partial charge in [-0.25, -0.2) is 0 Å². The molecular weight excluding hydrogens is 346 g/mol. The summed E-state index contributed by atoms with van der Waals surface area (Å²) in [4.78, 5) is 4.44. The maximum atomic E-state index is 4.78. The van der Waals surface area contributed by atoms with Crippen LogP contribution in [0.25, 0.3) is 10.8 Å². The molecule has 0 amide bonds. The molecule has 5 nitrogen and oxygen atoms in total. The van der Waals surface area contributed by atoms with Crippen LogP contribution in [0.5, 0.6) is 0 Å². The Kier molecular flexibility index (Phi) is 5.33. The summed E-state index contributed by atoms with van der Waals surface area (Å²) in [5.41, 5.74) is 3.90. The van der Waals surface area contributed by atoms with Crippen molar-refractivity contribution < 1.29 is 0 Å². The summed E-state index contributed by atoms with van der Waals surface area (Å²) in [5, 5.41) is 14.4. The highest BCUT2D eigenvalue weighted by atomic mass is 15.3. The summed E-state index contributed by atoms with van der Waals surface area (Å²) in [5.74, 6) is 0.852. The van der Waals surface area contributed by atoms with Gasteiger partial charge in [0.1, 0.15) is 0 Å². The third-order valence-corrected chi connectivity index (χ3v) is 5.52. The Morgan fingerprint density at radius 3 is 2.86 bits per heavy atom. The third-order valence-electron chi connectivity index (χ3n) is 5.52. The van der Waals surface area contributed by atoms with Crippen molar-refractivity contribution >= 4 is 16.7 Å². The van der Waals surface area contributed by atoms with Crippen LogP contribution < -0.4 is 10.6 Å². The van der Waals surface area contributed by atoms with Crippen molar-refractivity contribution in [3.63, 3.8) is 0 Å². The monoisotopic (exact) mass is 375 g/mol. The van der Waals surface area contributed by atoms with Crippen molar-refractivity contribution in [2.45, 2.75) is 51.7 Å². The van der Waals surface area contributed by atoms with E-state index in [1.54, 1.807) is 0 Å². The first-order valence-corrected chi connectivity index (χ1v) is 10.1. The van der Waals surface area contributed by atoms with E-state index in [0.717, 1.165) is 31.8 Å². The second kappa shape index (κ2) is 8.05. The smallest absolute Gasteiger partial charge is 0.191 e. The maximum absolute atomic E-state index is 4.78. The van der Waals surface area contributed by atoms with Crippen LogP contribution in [0, 0.1) is 0 Å². The van der Waals surface area contributed by atoms with E-state index in [1.165, 1.54) is 27.6 Å². The molecule has 3 aromatic rings. The summed E-state index contributed by atoms with van der Waals surface area (Å²) >= 11 is 0. The molecule has 1 atom stereocenters. The van der Waals surface area contributed by atoms with Crippen LogP contribution in [0.4, 0.5) is 0 Å². The van der Waals surface area contributed by atoms with Crippen molar-refractivity contribution in [2.75, 3.05) is 7.05 Å². The van der Waals surface area contributed by atoms with E-state index in [2.05, 4.69) is 82.8 Å². The summed E-state index contributed by atoms with van der Waals surface area (Å²) in [6, 6.07) is 15.7. The Balaban J connectivity index is 1.40. The average Bonchev–Trinajstić information content (AvgIpc) is 3.15. The van der Waals surface area contributed by atoms with Crippen LogP contribution in [-0.2, 0) is 19.4 Å². The predicted molar refractivity (Wildman–Crippen MR) is 116 cm³/mol. The largest absolute Gasteiger partial charge is 0.353 e. The molecule has 5 heteroatoms. The molecule has 1 aromatic heterocycles. The first-order valence-electron chi connectivity index (χ1n) is 10.1. The van der Waals surface area contributed by atoms with Gasteiger partial charge in [0.15, 0.2) is 5.96 Å². The molecule has 0 fully saturated rings. The lowest BCUT2D eigenvalue weighted by molar-refractivity contribution is 0.499. The van der Waals surface area contributed by atoms with Crippen molar-refractivity contribution in [3.8, 4) is 0 Å². The van der Waals surface area contributed by atoms with Gasteiger partial charge in [0, 0.05) is 38.3 Å². The number of aliphatic imine (C=N–C) groups is 1. The molecule has 0 aliphatic heterocycles. The molecule has 146 valence electrons. The van der Waals surface area contributed by atoms with Gasteiger partial charge in [0.25, 0.3) is 0 Å². The SMILES string of the molecule is CN=C(NCc1cccc2ccccc12)NC1CCc2cn(C(C)C)nc2C1. The van der Waals surface area contributed by atoms with E-state index >= 15 is 0 Å². The van der Waals surface area contributed by atoms with Gasteiger partial charge in [0.05, 0.1) is 5.69 Å². The van der Waals surface area contributed by atoms with Gasteiger partial charge in [-0.1, -0.05) is 42.5 Å². The Hall–Kier alpha value is -2.82. The lowest BCUT2D eigenvalue weighted by Crippen LogP contribution is -2.45. The number of aromatic nitrogens is 2. The minimum Gasteiger partial charge on any atom is -0.353 e. The normalized spacial score (nSPS) is 17.0. The molecule has 2 aromatic carbocycles. The molecular formula is C23H29N5. The highest BCUT2D eigenvalue weighted by Gasteiger charge is 2.23. The average molecular weight is 376 g/mol. The third kappa shape index (κ3) is 3.88. The number of aryl methyl sites for hydroxylation is 1. The first-order chi connectivity index (χ1) is 13.6. The zero-order valence-electron chi connectivity index (χ0n) is 16.9. The Morgan fingerprint density at radius 2 is 2.04 bits per heavy atom. The van der Waals surface area contributed by atoms with E-state index in [1.807, 2.05) is 7.05 Å². The number of hydrogen-bond donors (Lipinski definition) is 2. The van der Waals surface area contributed by atoms with Gasteiger partial charge in [0.2, 0.25) is 0 Å². The molecule has 0 spiro atoms. The fourth-order valence-electron chi connectivity index (χ4n) is 3.91. The van der Waals surface area contributed by atoms with Crippen LogP contribution in [-0.4, -0.2) is 28.8 Å². The molecule has 28 heavy (non-hydrogen) atoms. The molecule has 1 aliphatic carbocycles. The summed E-state index contributed by atoms with van der Waals surface area (Å²) < 4.78 is 2.08. The number of benzene rings is 2. The minimum absolute atomic E-state index is 0.363. The molecule has 4 rings (SSSR count). The van der Waals surface area contributed by atoms with Crippen LogP contribution in [0.15, 0.2) is 53.7 Å². The minimum atomic E-state index is 0.363. The zero-order valence-corrected chi connectivity index (χ0v) is 16.9. The fraction of sp³-hybridized carbons (Fsp3) is 0.391. The zero-order chi connectivity index (χ0) is 19.5. The van der Waals surface area contributed by atoms with E-state index < -0.39 is 0 Å². The molecule has 0 saturated heterocycles. The van der Waals surface area contributed by atoms with Crippen molar-refractivity contribution in [2.24, 2.45) is 4.99 Å². The second-order valence-electron chi connectivity index (χ2n) is 7.82. The van der Waals surface area contributed by atoms with Crippen molar-refractivity contribution in [1.82, 2.24) is 20.4 Å². The topological polar surface area (TPSA) is 54.2 Å². The van der Waals surface area contributed by atoms with E-state index in [-0.39, 0.29) is 0 Å². The van der Waals surface area contributed by atoms with Crippen molar-refractivity contribution in [3.05, 3.63) is 65.5 Å². The summed E-state index contributed by atoms with van der Waals surface area (Å²) in [7, 11) is 1.83. The number of fused-ring (bicyclic) bond motifs is 2. The summed E-state index contributed by atoms with van der Waals surface area (Å²) in [6.45, 7) is 5.10. The second-order valence-corrected chi connectivity index (χ2v) is 7.82. The molecule has 2 N–H and O–H groups in total. The predicted octanol–water partition coefficient (Wildman–Crippen LogP) is 3.84. The summed E-state index contributed by atoms with van der Waals surface area (Å²) in [6.07, 6.45) is 5.33. The maximum Gasteiger partial charge on any atom is 0.191 e. The molecule has 0 saturated carbocycles. The number of nitrogens with zero attached hydrogens (tertiary/aromatic N) is 3.